The second-order valence-electron chi connectivity index (χ2n) is 5.01. The van der Waals surface area contributed by atoms with Crippen LogP contribution in [0.1, 0.15) is 31.2 Å². The lowest BCUT2D eigenvalue weighted by Crippen LogP contribution is -2.45. The van der Waals surface area contributed by atoms with Gasteiger partial charge in [0.1, 0.15) is 0 Å². The van der Waals surface area contributed by atoms with Crippen LogP contribution in [0.5, 0.6) is 0 Å². The third kappa shape index (κ3) is 2.77. The van der Waals surface area contributed by atoms with Gasteiger partial charge in [-0.3, -0.25) is 16.0 Å². The van der Waals surface area contributed by atoms with Crippen LogP contribution in [0, 0.1) is 6.92 Å². The summed E-state index contributed by atoms with van der Waals surface area (Å²) in [4.78, 5) is 0. The lowest BCUT2D eigenvalue weighted by molar-refractivity contribution is 0.0316. The van der Waals surface area contributed by atoms with E-state index in [1.54, 1.807) is 0 Å². The van der Waals surface area contributed by atoms with E-state index in [-0.39, 0.29) is 12.1 Å². The van der Waals surface area contributed by atoms with Crippen molar-refractivity contribution < 1.29 is 4.74 Å². The van der Waals surface area contributed by atoms with E-state index in [0.29, 0.717) is 6.10 Å². The van der Waals surface area contributed by atoms with Crippen molar-refractivity contribution in [3.05, 3.63) is 15.9 Å². The molecule has 0 spiro atoms. The Balaban J connectivity index is 2.10. The fourth-order valence-corrected chi connectivity index (χ4v) is 3.04. The van der Waals surface area contributed by atoms with Crippen molar-refractivity contribution in [2.75, 3.05) is 0 Å². The number of hydrogen-bond donors (Lipinski definition) is 2. The molecule has 2 heterocycles. The molecule has 1 aliphatic heterocycles. The fraction of sp³-hybridized carbons (Fsp3) is 0.750. The highest BCUT2D eigenvalue weighted by Gasteiger charge is 2.30. The summed E-state index contributed by atoms with van der Waals surface area (Å²) in [6, 6.07) is 0.126. The summed E-state index contributed by atoms with van der Waals surface area (Å²) in [6.07, 6.45) is 3.50. The maximum atomic E-state index is 5.89. The normalized spacial score (nSPS) is 25.6. The lowest BCUT2D eigenvalue weighted by atomic mass is 10.0. The van der Waals surface area contributed by atoms with E-state index in [9.17, 15) is 0 Å². The first-order chi connectivity index (χ1) is 8.52. The molecule has 1 aromatic rings. The molecule has 1 fully saturated rings. The van der Waals surface area contributed by atoms with Gasteiger partial charge in [-0.15, -0.1) is 0 Å². The van der Waals surface area contributed by atoms with E-state index in [4.69, 9.17) is 10.6 Å². The van der Waals surface area contributed by atoms with Gasteiger partial charge in [0.25, 0.3) is 0 Å². The number of ether oxygens (including phenoxy) is 1. The first-order valence-electron chi connectivity index (χ1n) is 6.32. The monoisotopic (exact) mass is 316 g/mol. The fourth-order valence-electron chi connectivity index (χ4n) is 2.54. The molecule has 3 unspecified atom stereocenters. The summed E-state index contributed by atoms with van der Waals surface area (Å²) in [5.74, 6) is 5.68. The Morgan fingerprint density at radius 3 is 2.78 bits per heavy atom. The molecule has 0 aromatic carbocycles. The van der Waals surface area contributed by atoms with Gasteiger partial charge in [-0.25, -0.2) is 0 Å². The van der Waals surface area contributed by atoms with Crippen molar-refractivity contribution in [2.45, 2.75) is 51.4 Å². The van der Waals surface area contributed by atoms with Crippen molar-refractivity contribution in [3.63, 3.8) is 0 Å². The summed E-state index contributed by atoms with van der Waals surface area (Å²) in [6.45, 7) is 4.10. The number of rotatable bonds is 4. The Morgan fingerprint density at radius 2 is 2.33 bits per heavy atom. The average Bonchev–Trinajstić information content (AvgIpc) is 2.84. The van der Waals surface area contributed by atoms with Gasteiger partial charge in [-0.1, -0.05) is 0 Å². The Labute approximate surface area is 116 Å². The van der Waals surface area contributed by atoms with Crippen molar-refractivity contribution in [3.8, 4) is 0 Å². The highest BCUT2D eigenvalue weighted by molar-refractivity contribution is 9.10. The molecule has 3 N–H and O–H groups in total. The lowest BCUT2D eigenvalue weighted by Gasteiger charge is -2.23. The number of hydrogen-bond acceptors (Lipinski definition) is 4. The highest BCUT2D eigenvalue weighted by atomic mass is 79.9. The van der Waals surface area contributed by atoms with Crippen molar-refractivity contribution in [1.82, 2.24) is 15.2 Å². The molecule has 0 amide bonds. The second kappa shape index (κ2) is 5.69. The Hall–Kier alpha value is -0.430. The zero-order valence-corrected chi connectivity index (χ0v) is 12.7. The largest absolute Gasteiger partial charge is 0.374 e. The van der Waals surface area contributed by atoms with Gasteiger partial charge in [0.15, 0.2) is 0 Å². The summed E-state index contributed by atoms with van der Waals surface area (Å²) in [7, 11) is 1.96. The van der Waals surface area contributed by atoms with Crippen molar-refractivity contribution >= 4 is 15.9 Å². The van der Waals surface area contributed by atoms with Crippen LogP contribution in [0.15, 0.2) is 4.47 Å². The first kappa shape index (κ1) is 14.0. The summed E-state index contributed by atoms with van der Waals surface area (Å²) < 4.78 is 8.86. The van der Waals surface area contributed by atoms with E-state index in [2.05, 4.69) is 33.4 Å². The quantitative estimate of drug-likeness (QED) is 0.651. The van der Waals surface area contributed by atoms with Crippen LogP contribution in [0.25, 0.3) is 0 Å². The van der Waals surface area contributed by atoms with Crippen LogP contribution in [0.3, 0.4) is 0 Å². The van der Waals surface area contributed by atoms with Gasteiger partial charge >= 0.3 is 0 Å². The molecule has 0 saturated carbocycles. The highest BCUT2D eigenvalue weighted by Crippen LogP contribution is 2.26. The van der Waals surface area contributed by atoms with E-state index < -0.39 is 0 Å². The Morgan fingerprint density at radius 1 is 1.61 bits per heavy atom. The summed E-state index contributed by atoms with van der Waals surface area (Å²) in [5.41, 5.74) is 5.04. The molecule has 5 nitrogen and oxygen atoms in total. The van der Waals surface area contributed by atoms with Crippen molar-refractivity contribution in [1.29, 1.82) is 0 Å². The zero-order chi connectivity index (χ0) is 13.3. The van der Waals surface area contributed by atoms with Crippen molar-refractivity contribution in [2.24, 2.45) is 12.9 Å². The van der Waals surface area contributed by atoms with E-state index >= 15 is 0 Å². The number of nitrogens with one attached hydrogen (secondary N) is 1. The molecule has 0 radical (unpaired) electrons. The van der Waals surface area contributed by atoms with E-state index in [1.165, 1.54) is 0 Å². The topological polar surface area (TPSA) is 65.1 Å². The number of aromatic nitrogens is 2. The van der Waals surface area contributed by atoms with Crippen LogP contribution in [0.2, 0.25) is 0 Å². The molecule has 0 aliphatic carbocycles. The van der Waals surface area contributed by atoms with Crippen LogP contribution in [-0.4, -0.2) is 28.0 Å². The molecule has 0 bridgehead atoms. The summed E-state index contributed by atoms with van der Waals surface area (Å²) in [5, 5.41) is 4.40. The number of aryl methyl sites for hydroxylation is 2. The maximum absolute atomic E-state index is 5.89. The van der Waals surface area contributed by atoms with Gasteiger partial charge in [-0.05, 0) is 42.6 Å². The number of hydrazine groups is 1. The van der Waals surface area contributed by atoms with Gasteiger partial charge in [0.2, 0.25) is 0 Å². The number of nitrogens with zero attached hydrogens (tertiary/aromatic N) is 2. The minimum absolute atomic E-state index is 0.126. The zero-order valence-electron chi connectivity index (χ0n) is 11.1. The molecule has 1 aromatic heterocycles. The first-order valence-corrected chi connectivity index (χ1v) is 7.11. The third-order valence-electron chi connectivity index (χ3n) is 3.60. The molecule has 3 atom stereocenters. The minimum Gasteiger partial charge on any atom is -0.374 e. The van der Waals surface area contributed by atoms with Gasteiger partial charge in [0, 0.05) is 13.5 Å². The van der Waals surface area contributed by atoms with Gasteiger partial charge in [0.05, 0.1) is 34.1 Å². The predicted octanol–water partition coefficient (Wildman–Crippen LogP) is 1.43. The Bertz CT molecular complexity index is 420. The molecule has 1 aliphatic rings. The molecular formula is C12H21BrN4O. The van der Waals surface area contributed by atoms with Gasteiger partial charge in [-0.2, -0.15) is 5.10 Å². The Kier molecular flexibility index (Phi) is 4.42. The maximum Gasteiger partial charge on any atom is 0.0749 e. The van der Waals surface area contributed by atoms with Crippen LogP contribution in [-0.2, 0) is 18.2 Å². The average molecular weight is 317 g/mol. The van der Waals surface area contributed by atoms with E-state index in [1.807, 2.05) is 18.7 Å². The molecule has 2 rings (SSSR count). The third-order valence-corrected chi connectivity index (χ3v) is 4.63. The van der Waals surface area contributed by atoms with Crippen LogP contribution >= 0.6 is 15.9 Å². The smallest absolute Gasteiger partial charge is 0.0749 e. The van der Waals surface area contributed by atoms with Crippen LogP contribution in [0.4, 0.5) is 0 Å². The molecular weight excluding hydrogens is 296 g/mol. The van der Waals surface area contributed by atoms with E-state index in [0.717, 1.165) is 35.1 Å². The number of halogens is 1. The number of nitrogens with two attached hydrogens (primary N) is 1. The SMILES string of the molecule is Cc1nn(C)c(CC(NN)C2CCC(C)O2)c1Br. The molecule has 18 heavy (non-hydrogen) atoms. The standard InChI is InChI=1S/C12H21BrN4O/c1-7-4-5-11(18-7)9(15-14)6-10-12(13)8(2)16-17(10)3/h7,9,11,15H,4-6,14H2,1-3H3. The molecule has 102 valence electrons. The predicted molar refractivity (Wildman–Crippen MR) is 74.0 cm³/mol. The minimum atomic E-state index is 0.126. The molecule has 6 heteroatoms. The van der Waals surface area contributed by atoms with Gasteiger partial charge < -0.3 is 4.74 Å². The molecule has 1 saturated heterocycles. The van der Waals surface area contributed by atoms with Crippen LogP contribution < -0.4 is 11.3 Å². The summed E-state index contributed by atoms with van der Waals surface area (Å²) >= 11 is 3.59. The second-order valence-corrected chi connectivity index (χ2v) is 5.80.